The van der Waals surface area contributed by atoms with E-state index in [-0.39, 0.29) is 12.2 Å². The van der Waals surface area contributed by atoms with Crippen LogP contribution < -0.4 is 14.2 Å². The molecule has 146 valence electrons. The molecule has 0 N–H and O–H groups in total. The average molecular weight is 378 g/mol. The first-order valence-electron chi connectivity index (χ1n) is 9.30. The maximum Gasteiger partial charge on any atom is 0.153 e. The molecule has 0 saturated carbocycles. The fourth-order valence-electron chi connectivity index (χ4n) is 3.00. The zero-order valence-corrected chi connectivity index (χ0v) is 16.5. The molecule has 0 aliphatic rings. The molecule has 3 aromatic carbocycles. The molecule has 1 unspecified atom stereocenters. The number of benzene rings is 3. The summed E-state index contributed by atoms with van der Waals surface area (Å²) in [5.41, 5.74) is 2.03. The van der Waals surface area contributed by atoms with Crippen LogP contribution in [0.5, 0.6) is 17.2 Å². The highest BCUT2D eigenvalue weighted by Gasteiger charge is 2.25. The van der Waals surface area contributed by atoms with Crippen LogP contribution in [0.25, 0.3) is 0 Å². The normalized spacial score (nSPS) is 12.8. The van der Waals surface area contributed by atoms with E-state index in [9.17, 15) is 0 Å². The highest BCUT2D eigenvalue weighted by molar-refractivity contribution is 5.37. The van der Waals surface area contributed by atoms with Gasteiger partial charge < -0.3 is 18.9 Å². The van der Waals surface area contributed by atoms with E-state index in [4.69, 9.17) is 18.9 Å². The Balaban J connectivity index is 1.78. The first kappa shape index (κ1) is 19.8. The molecule has 0 bridgehead atoms. The van der Waals surface area contributed by atoms with E-state index in [1.165, 1.54) is 0 Å². The average Bonchev–Trinajstić information content (AvgIpc) is 2.77. The van der Waals surface area contributed by atoms with Gasteiger partial charge in [0, 0.05) is 5.56 Å². The van der Waals surface area contributed by atoms with Gasteiger partial charge in [0.2, 0.25) is 0 Å². The minimum atomic E-state index is -0.309. The highest BCUT2D eigenvalue weighted by atomic mass is 16.5. The minimum Gasteiger partial charge on any atom is -0.497 e. The van der Waals surface area contributed by atoms with Gasteiger partial charge >= 0.3 is 0 Å². The summed E-state index contributed by atoms with van der Waals surface area (Å²) in [7, 11) is 3.33. The third-order valence-corrected chi connectivity index (χ3v) is 4.55. The van der Waals surface area contributed by atoms with E-state index >= 15 is 0 Å². The van der Waals surface area contributed by atoms with Gasteiger partial charge in [0.1, 0.15) is 17.2 Å². The Hall–Kier alpha value is -2.98. The summed E-state index contributed by atoms with van der Waals surface area (Å²) in [5.74, 6) is 2.40. The quantitative estimate of drug-likeness (QED) is 0.498. The van der Waals surface area contributed by atoms with Crippen LogP contribution in [-0.2, 0) is 11.3 Å². The third kappa shape index (κ3) is 5.05. The number of hydrogen-bond donors (Lipinski definition) is 0. The van der Waals surface area contributed by atoms with Crippen LogP contribution in [0.2, 0.25) is 0 Å². The lowest BCUT2D eigenvalue weighted by Crippen LogP contribution is -2.24. The van der Waals surface area contributed by atoms with Gasteiger partial charge in [-0.05, 0) is 42.8 Å². The van der Waals surface area contributed by atoms with Crippen LogP contribution >= 0.6 is 0 Å². The molecule has 0 aliphatic carbocycles. The standard InChI is InChI=1S/C24H26O4/c1-18(27-17-19-13-15-20(25-2)16-14-19)24(28-21-9-5-4-6-10-21)22-11-7-8-12-23(22)26-3/h4-16,18,24H,17H2,1-3H3/t18?,24-/m0/s1. The summed E-state index contributed by atoms with van der Waals surface area (Å²) >= 11 is 0. The topological polar surface area (TPSA) is 36.9 Å². The first-order valence-corrected chi connectivity index (χ1v) is 9.30. The molecule has 0 amide bonds. The Kier molecular flexibility index (Phi) is 6.93. The van der Waals surface area contributed by atoms with Crippen LogP contribution in [0.1, 0.15) is 24.2 Å². The Bertz CT molecular complexity index is 846. The van der Waals surface area contributed by atoms with Crippen molar-refractivity contribution >= 4 is 0 Å². The van der Waals surface area contributed by atoms with Crippen molar-refractivity contribution in [3.63, 3.8) is 0 Å². The molecular weight excluding hydrogens is 352 g/mol. The molecule has 4 heteroatoms. The maximum atomic E-state index is 6.30. The van der Waals surface area contributed by atoms with Crippen molar-refractivity contribution < 1.29 is 18.9 Å². The van der Waals surface area contributed by atoms with Crippen LogP contribution in [0.3, 0.4) is 0 Å². The number of hydrogen-bond acceptors (Lipinski definition) is 4. The van der Waals surface area contributed by atoms with E-state index in [1.54, 1.807) is 14.2 Å². The van der Waals surface area contributed by atoms with Crippen molar-refractivity contribution in [2.24, 2.45) is 0 Å². The molecule has 0 radical (unpaired) electrons. The predicted octanol–water partition coefficient (Wildman–Crippen LogP) is 5.43. The number of methoxy groups -OCH3 is 2. The Morgan fingerprint density at radius 1 is 0.714 bits per heavy atom. The van der Waals surface area contributed by atoms with Crippen molar-refractivity contribution in [1.29, 1.82) is 0 Å². The van der Waals surface area contributed by atoms with Gasteiger partial charge in [-0.1, -0.05) is 48.5 Å². The largest absolute Gasteiger partial charge is 0.497 e. The van der Waals surface area contributed by atoms with Crippen molar-refractivity contribution in [1.82, 2.24) is 0 Å². The molecular formula is C24H26O4. The smallest absolute Gasteiger partial charge is 0.153 e. The van der Waals surface area contributed by atoms with Gasteiger partial charge in [0.05, 0.1) is 26.9 Å². The summed E-state index contributed by atoms with van der Waals surface area (Å²) in [5, 5.41) is 0. The zero-order chi connectivity index (χ0) is 19.8. The molecule has 3 aromatic rings. The monoisotopic (exact) mass is 378 g/mol. The molecule has 0 spiro atoms. The van der Waals surface area contributed by atoms with Gasteiger partial charge in [0.15, 0.2) is 6.10 Å². The van der Waals surface area contributed by atoms with E-state index in [1.807, 2.05) is 85.8 Å². The summed E-state index contributed by atoms with van der Waals surface area (Å²) < 4.78 is 23.2. The second kappa shape index (κ2) is 9.81. The van der Waals surface area contributed by atoms with Gasteiger partial charge in [-0.3, -0.25) is 0 Å². The van der Waals surface area contributed by atoms with E-state index in [0.29, 0.717) is 6.61 Å². The second-order valence-electron chi connectivity index (χ2n) is 6.46. The number of ether oxygens (including phenoxy) is 4. The predicted molar refractivity (Wildman–Crippen MR) is 110 cm³/mol. The van der Waals surface area contributed by atoms with Crippen molar-refractivity contribution in [2.75, 3.05) is 14.2 Å². The van der Waals surface area contributed by atoms with Crippen molar-refractivity contribution in [3.05, 3.63) is 90.0 Å². The lowest BCUT2D eigenvalue weighted by Gasteiger charge is -2.27. The minimum absolute atomic E-state index is 0.196. The van der Waals surface area contributed by atoms with Gasteiger partial charge in [0.25, 0.3) is 0 Å². The van der Waals surface area contributed by atoms with Crippen LogP contribution in [0.15, 0.2) is 78.9 Å². The van der Waals surface area contributed by atoms with Gasteiger partial charge in [-0.15, -0.1) is 0 Å². The van der Waals surface area contributed by atoms with Crippen LogP contribution in [0.4, 0.5) is 0 Å². The lowest BCUT2D eigenvalue weighted by molar-refractivity contribution is -0.0259. The molecule has 0 aliphatic heterocycles. The molecule has 28 heavy (non-hydrogen) atoms. The Morgan fingerprint density at radius 3 is 2.07 bits per heavy atom. The zero-order valence-electron chi connectivity index (χ0n) is 16.5. The van der Waals surface area contributed by atoms with Crippen molar-refractivity contribution in [3.8, 4) is 17.2 Å². The Morgan fingerprint density at radius 2 is 1.39 bits per heavy atom. The first-order chi connectivity index (χ1) is 13.7. The second-order valence-corrected chi connectivity index (χ2v) is 6.46. The fourth-order valence-corrected chi connectivity index (χ4v) is 3.00. The highest BCUT2D eigenvalue weighted by Crippen LogP contribution is 2.33. The summed E-state index contributed by atoms with van der Waals surface area (Å²) in [6, 6.07) is 25.5. The molecule has 3 rings (SSSR count). The van der Waals surface area contributed by atoms with E-state index in [0.717, 1.165) is 28.4 Å². The van der Waals surface area contributed by atoms with E-state index in [2.05, 4.69) is 0 Å². The Labute approximate surface area is 166 Å². The molecule has 0 heterocycles. The van der Waals surface area contributed by atoms with E-state index < -0.39 is 0 Å². The maximum absolute atomic E-state index is 6.30. The van der Waals surface area contributed by atoms with Crippen molar-refractivity contribution in [2.45, 2.75) is 25.7 Å². The molecule has 2 atom stereocenters. The SMILES string of the molecule is COc1ccc(COC(C)[C@H](Oc2ccccc2)c2ccccc2OC)cc1. The lowest BCUT2D eigenvalue weighted by atomic mass is 10.0. The third-order valence-electron chi connectivity index (χ3n) is 4.55. The van der Waals surface area contributed by atoms with Gasteiger partial charge in [-0.2, -0.15) is 0 Å². The van der Waals surface area contributed by atoms with Crippen LogP contribution in [-0.4, -0.2) is 20.3 Å². The fraction of sp³-hybridized carbons (Fsp3) is 0.250. The summed E-state index contributed by atoms with van der Waals surface area (Å²) in [4.78, 5) is 0. The summed E-state index contributed by atoms with van der Waals surface area (Å²) in [6.45, 7) is 2.50. The molecule has 4 nitrogen and oxygen atoms in total. The molecule has 0 aromatic heterocycles. The molecule has 0 fully saturated rings. The number of rotatable bonds is 9. The number of para-hydroxylation sites is 2. The summed E-state index contributed by atoms with van der Waals surface area (Å²) in [6.07, 6.45) is -0.504. The van der Waals surface area contributed by atoms with Gasteiger partial charge in [-0.25, -0.2) is 0 Å². The molecule has 0 saturated heterocycles. The van der Waals surface area contributed by atoms with Crippen LogP contribution in [0, 0.1) is 0 Å².